The van der Waals surface area contributed by atoms with Gasteiger partial charge in [-0.05, 0) is 40.7 Å². The van der Waals surface area contributed by atoms with Gasteiger partial charge in [0.15, 0.2) is 0 Å². The number of rotatable bonds is 5. The molecule has 3 rings (SSSR count). The molecule has 1 amide bonds. The first-order valence-electron chi connectivity index (χ1n) is 8.64. The first-order chi connectivity index (χ1) is 12.4. The van der Waals surface area contributed by atoms with Crippen LogP contribution in [0.4, 0.5) is 5.69 Å². The minimum absolute atomic E-state index is 0.0552. The van der Waals surface area contributed by atoms with Gasteiger partial charge in [0.05, 0.1) is 6.26 Å². The number of hydrogen-bond acceptors (Lipinski definition) is 3. The first-order valence-corrected chi connectivity index (χ1v) is 8.64. The molecule has 134 valence electrons. The molecule has 1 N–H and O–H groups in total. The van der Waals surface area contributed by atoms with Gasteiger partial charge >= 0.3 is 0 Å². The molecule has 0 aromatic heterocycles. The van der Waals surface area contributed by atoms with E-state index in [0.29, 0.717) is 5.69 Å². The number of ether oxygens (including phenoxy) is 1. The fourth-order valence-corrected chi connectivity index (χ4v) is 4.12. The topological polar surface area (TPSA) is 55.4 Å². The van der Waals surface area contributed by atoms with Crippen molar-refractivity contribution in [3.63, 3.8) is 0 Å². The lowest BCUT2D eigenvalue weighted by Crippen LogP contribution is -2.23. The molecule has 2 aromatic rings. The summed E-state index contributed by atoms with van der Waals surface area (Å²) in [5.41, 5.74) is 4.77. The van der Waals surface area contributed by atoms with Crippen LogP contribution in [0.1, 0.15) is 43.9 Å². The molecule has 2 aromatic carbocycles. The predicted molar refractivity (Wildman–Crippen MR) is 102 cm³/mol. The molecule has 4 nitrogen and oxygen atoms in total. The molecule has 0 aliphatic heterocycles. The molecule has 1 atom stereocenters. The van der Waals surface area contributed by atoms with E-state index in [9.17, 15) is 9.59 Å². The van der Waals surface area contributed by atoms with E-state index in [4.69, 9.17) is 0 Å². The summed E-state index contributed by atoms with van der Waals surface area (Å²) in [6.45, 7) is 7.13. The quantitative estimate of drug-likeness (QED) is 0.497. The zero-order valence-corrected chi connectivity index (χ0v) is 15.3. The monoisotopic (exact) mass is 349 g/mol. The van der Waals surface area contributed by atoms with Gasteiger partial charge in [-0.2, -0.15) is 0 Å². The first kappa shape index (κ1) is 17.9. The highest BCUT2D eigenvalue weighted by Crippen LogP contribution is 2.52. The maximum atomic E-state index is 11.7. The normalized spacial score (nSPS) is 20.6. The third-order valence-electron chi connectivity index (χ3n) is 5.19. The minimum Gasteiger partial charge on any atom is -0.437 e. The van der Waals surface area contributed by atoms with Gasteiger partial charge in [-0.3, -0.25) is 9.59 Å². The summed E-state index contributed by atoms with van der Waals surface area (Å²) in [6.07, 6.45) is 3.26. The van der Waals surface area contributed by atoms with Crippen molar-refractivity contribution in [1.82, 2.24) is 0 Å². The number of benzene rings is 2. The van der Waals surface area contributed by atoms with Gasteiger partial charge in [0.2, 0.25) is 0 Å². The molecule has 0 fully saturated rings. The Morgan fingerprint density at radius 2 is 1.69 bits per heavy atom. The molecule has 0 saturated heterocycles. The summed E-state index contributed by atoms with van der Waals surface area (Å²) in [6, 6.07) is 16.6. The predicted octanol–water partition coefficient (Wildman–Crippen LogP) is 4.30. The summed E-state index contributed by atoms with van der Waals surface area (Å²) < 4.78 is 4.37. The number of carbonyl (C=O) groups excluding carboxylic acids is 2. The number of fused-ring (bicyclic) bond motifs is 1. The van der Waals surface area contributed by atoms with E-state index in [-0.39, 0.29) is 23.2 Å². The number of nitrogens with one attached hydrogen (secondary N) is 1. The van der Waals surface area contributed by atoms with E-state index in [2.05, 4.69) is 67.2 Å². The van der Waals surface area contributed by atoms with Crippen molar-refractivity contribution in [1.29, 1.82) is 0 Å². The van der Waals surface area contributed by atoms with Crippen LogP contribution >= 0.6 is 0 Å². The fourth-order valence-electron chi connectivity index (χ4n) is 4.12. The van der Waals surface area contributed by atoms with Crippen LogP contribution in [0.3, 0.4) is 0 Å². The smallest absolute Gasteiger partial charge is 0.297 e. The lowest BCUT2D eigenvalue weighted by atomic mass is 9.75. The van der Waals surface area contributed by atoms with Crippen molar-refractivity contribution >= 4 is 18.1 Å². The molecular weight excluding hydrogens is 326 g/mol. The summed E-state index contributed by atoms with van der Waals surface area (Å²) >= 11 is 0. The zero-order valence-electron chi connectivity index (χ0n) is 15.3. The second kappa shape index (κ2) is 6.79. The number of anilines is 1. The van der Waals surface area contributed by atoms with Crippen LogP contribution in [0.25, 0.3) is 0 Å². The average molecular weight is 349 g/mol. The van der Waals surface area contributed by atoms with Gasteiger partial charge in [0.25, 0.3) is 12.4 Å². The van der Waals surface area contributed by atoms with Crippen LogP contribution < -0.4 is 5.32 Å². The number of hydrogen-bond donors (Lipinski definition) is 1. The molecule has 0 bridgehead atoms. The van der Waals surface area contributed by atoms with Crippen molar-refractivity contribution < 1.29 is 14.3 Å². The molecule has 4 heteroatoms. The van der Waals surface area contributed by atoms with Crippen molar-refractivity contribution in [3.8, 4) is 0 Å². The van der Waals surface area contributed by atoms with Gasteiger partial charge in [-0.1, -0.05) is 57.2 Å². The number of carbonyl (C=O) groups is 2. The molecule has 26 heavy (non-hydrogen) atoms. The van der Waals surface area contributed by atoms with E-state index < -0.39 is 0 Å². The lowest BCUT2D eigenvalue weighted by Gasteiger charge is -2.28. The van der Waals surface area contributed by atoms with E-state index in [1.54, 1.807) is 0 Å². The van der Waals surface area contributed by atoms with Crippen molar-refractivity contribution in [3.05, 3.63) is 77.6 Å². The van der Waals surface area contributed by atoms with Crippen molar-refractivity contribution in [2.75, 3.05) is 5.32 Å². The molecule has 0 heterocycles. The van der Waals surface area contributed by atoms with Crippen LogP contribution in [0.15, 0.2) is 60.9 Å². The summed E-state index contributed by atoms with van der Waals surface area (Å²) in [5, 5.41) is 2.74. The van der Waals surface area contributed by atoms with Gasteiger partial charge in [-0.15, -0.1) is 0 Å². The maximum Gasteiger partial charge on any atom is 0.297 e. The van der Waals surface area contributed by atoms with Crippen molar-refractivity contribution in [2.45, 2.75) is 38.0 Å². The Kier molecular flexibility index (Phi) is 4.68. The van der Waals surface area contributed by atoms with Gasteiger partial charge in [0.1, 0.15) is 0 Å². The minimum atomic E-state index is -0.349. The highest BCUT2D eigenvalue weighted by Gasteiger charge is 2.45. The zero-order chi connectivity index (χ0) is 18.8. The standard InChI is InChI=1S/C22H23NO3/c1-21(2)14-22(3,19-7-5-4-6-18(19)21)16-8-10-17(11-9-16)23-20(25)12-13-26-15-24/h4-13,15H,14H2,1-3H3,(H,23,25)/b13-12-. The fraction of sp³-hybridized carbons (Fsp3) is 0.273. The lowest BCUT2D eigenvalue weighted by molar-refractivity contribution is -0.123. The van der Waals surface area contributed by atoms with E-state index in [1.165, 1.54) is 22.8 Å². The summed E-state index contributed by atoms with van der Waals surface area (Å²) in [4.78, 5) is 21.8. The Labute approximate surface area is 153 Å². The second-order valence-corrected chi connectivity index (χ2v) is 7.54. The molecule has 0 spiro atoms. The van der Waals surface area contributed by atoms with Crippen LogP contribution in [-0.4, -0.2) is 12.4 Å². The van der Waals surface area contributed by atoms with Crippen LogP contribution in [0.5, 0.6) is 0 Å². The third kappa shape index (κ3) is 3.27. The van der Waals surface area contributed by atoms with Gasteiger partial charge in [0, 0.05) is 17.2 Å². The van der Waals surface area contributed by atoms with E-state index in [1.807, 2.05) is 12.1 Å². The highest BCUT2D eigenvalue weighted by atomic mass is 16.5. The summed E-state index contributed by atoms with van der Waals surface area (Å²) in [7, 11) is 0. The van der Waals surface area contributed by atoms with E-state index >= 15 is 0 Å². The Balaban J connectivity index is 1.83. The second-order valence-electron chi connectivity index (χ2n) is 7.54. The maximum absolute atomic E-state index is 11.7. The Bertz CT molecular complexity index is 852. The summed E-state index contributed by atoms with van der Waals surface area (Å²) in [5.74, 6) is -0.349. The van der Waals surface area contributed by atoms with Crippen molar-refractivity contribution in [2.24, 2.45) is 0 Å². The highest BCUT2D eigenvalue weighted by molar-refractivity contribution is 5.99. The Morgan fingerprint density at radius 3 is 2.35 bits per heavy atom. The van der Waals surface area contributed by atoms with Gasteiger partial charge < -0.3 is 10.1 Å². The largest absolute Gasteiger partial charge is 0.437 e. The molecule has 1 unspecified atom stereocenters. The molecule has 0 saturated carbocycles. The third-order valence-corrected chi connectivity index (χ3v) is 5.19. The molecular formula is C22H23NO3. The van der Waals surface area contributed by atoms with Gasteiger partial charge in [-0.25, -0.2) is 0 Å². The van der Waals surface area contributed by atoms with Crippen LogP contribution in [-0.2, 0) is 25.2 Å². The van der Waals surface area contributed by atoms with E-state index in [0.717, 1.165) is 12.7 Å². The molecule has 1 aliphatic rings. The molecule has 0 radical (unpaired) electrons. The number of amides is 1. The molecule has 1 aliphatic carbocycles. The van der Waals surface area contributed by atoms with Crippen LogP contribution in [0, 0.1) is 0 Å². The average Bonchev–Trinajstić information content (AvgIpc) is 2.83. The van der Waals surface area contributed by atoms with Crippen LogP contribution in [0.2, 0.25) is 0 Å². The SMILES string of the molecule is CC1(C)CC(C)(c2ccc(NC(=O)/C=C\OC=O)cc2)c2ccccc21. The Morgan fingerprint density at radius 1 is 1.04 bits per heavy atom. The Hall–Kier alpha value is -2.88.